The molecule has 0 bridgehead atoms. The molecule has 28 heavy (non-hydrogen) atoms. The van der Waals surface area contributed by atoms with Gasteiger partial charge in [0.15, 0.2) is 5.75 Å². The molecule has 0 aromatic heterocycles. The molecule has 0 saturated carbocycles. The van der Waals surface area contributed by atoms with Gasteiger partial charge in [-0.2, -0.15) is 0 Å². The van der Waals surface area contributed by atoms with Crippen LogP contribution in [0.5, 0.6) is 11.5 Å². The average molecular weight is 448 g/mol. The Labute approximate surface area is 180 Å². The molecule has 0 aliphatic rings. The van der Waals surface area contributed by atoms with Crippen LogP contribution in [0.3, 0.4) is 0 Å². The van der Waals surface area contributed by atoms with Crippen LogP contribution in [0.2, 0.25) is 10.0 Å². The Morgan fingerprint density at radius 1 is 1.04 bits per heavy atom. The number of rotatable bonds is 11. The number of aliphatic hydroxyl groups is 2. The normalized spacial score (nSPS) is 13.2. The number of aliphatic hydroxyl groups excluding tert-OH is 2. The number of halogens is 3. The highest BCUT2D eigenvalue weighted by atomic mass is 35.5. The predicted molar refractivity (Wildman–Crippen MR) is 114 cm³/mol. The summed E-state index contributed by atoms with van der Waals surface area (Å²) in [4.78, 5) is 0. The van der Waals surface area contributed by atoms with Gasteiger partial charge in [0.1, 0.15) is 18.5 Å². The summed E-state index contributed by atoms with van der Waals surface area (Å²) in [7, 11) is 0. The molecule has 0 aliphatic heterocycles. The summed E-state index contributed by atoms with van der Waals surface area (Å²) < 4.78 is 11.0. The van der Waals surface area contributed by atoms with E-state index in [9.17, 15) is 5.11 Å². The van der Waals surface area contributed by atoms with Crippen molar-refractivity contribution in [1.82, 2.24) is 0 Å². The number of ether oxygens (including phenoxy) is 2. The molecule has 4 nitrogen and oxygen atoms in total. The van der Waals surface area contributed by atoms with E-state index in [1.165, 1.54) is 5.56 Å². The van der Waals surface area contributed by atoms with Gasteiger partial charge >= 0.3 is 0 Å². The zero-order valence-electron chi connectivity index (χ0n) is 15.7. The fraction of sp³-hybridized carbons (Fsp3) is 0.429. The van der Waals surface area contributed by atoms with Crippen LogP contribution in [0, 0.1) is 0 Å². The smallest absolute Gasteiger partial charge is 0.156 e. The maximum Gasteiger partial charge on any atom is 0.156 e. The number of benzene rings is 2. The first-order valence-electron chi connectivity index (χ1n) is 9.13. The summed E-state index contributed by atoms with van der Waals surface area (Å²) in [6, 6.07) is 11.7. The Bertz CT molecular complexity index is 714. The molecule has 0 fully saturated rings. The van der Waals surface area contributed by atoms with Gasteiger partial charge in [0.2, 0.25) is 0 Å². The monoisotopic (exact) mass is 446 g/mol. The third kappa shape index (κ3) is 7.02. The molecule has 2 N–H and O–H groups in total. The molecule has 0 aliphatic carbocycles. The molecule has 2 atom stereocenters. The molecule has 7 heteroatoms. The van der Waals surface area contributed by atoms with Gasteiger partial charge in [0.05, 0.1) is 23.3 Å². The number of alkyl halides is 1. The standard InChI is InChI=1S/C21H25Cl3O4/c1-14(16-3-5-18(6-4-16)27-8-2-7-22)9-15-10-19(23)21(20(24)11-15)28-13-17(26)12-25/h3-6,10-11,14,17,25-26H,2,7-9,12-13H2,1H3/t14?,17-/m0/s1. The third-order valence-corrected chi connectivity index (χ3v) is 5.06. The first kappa shape index (κ1) is 23.1. The van der Waals surface area contributed by atoms with E-state index in [1.54, 1.807) is 0 Å². The van der Waals surface area contributed by atoms with Crippen molar-refractivity contribution in [3.63, 3.8) is 0 Å². The van der Waals surface area contributed by atoms with Crippen molar-refractivity contribution >= 4 is 34.8 Å². The Kier molecular flexibility index (Phi) is 9.69. The fourth-order valence-electron chi connectivity index (χ4n) is 2.71. The van der Waals surface area contributed by atoms with Gasteiger partial charge in [0.25, 0.3) is 0 Å². The van der Waals surface area contributed by atoms with Crippen molar-refractivity contribution < 1.29 is 19.7 Å². The van der Waals surface area contributed by atoms with E-state index < -0.39 is 6.10 Å². The highest BCUT2D eigenvalue weighted by molar-refractivity contribution is 6.37. The Balaban J connectivity index is 2.00. The largest absolute Gasteiger partial charge is 0.494 e. The van der Waals surface area contributed by atoms with Crippen molar-refractivity contribution in [2.45, 2.75) is 31.8 Å². The second kappa shape index (κ2) is 11.7. The SMILES string of the molecule is CC(Cc1cc(Cl)c(OC[C@@H](O)CO)c(Cl)c1)c1ccc(OCCCCl)cc1. The highest BCUT2D eigenvalue weighted by Gasteiger charge is 2.14. The molecular weight excluding hydrogens is 423 g/mol. The molecular formula is C21H25Cl3O4. The van der Waals surface area contributed by atoms with Crippen molar-refractivity contribution in [3.05, 3.63) is 57.6 Å². The summed E-state index contributed by atoms with van der Waals surface area (Å²) in [6.45, 7) is 2.28. The van der Waals surface area contributed by atoms with Gasteiger partial charge in [0, 0.05) is 5.88 Å². The third-order valence-electron chi connectivity index (χ3n) is 4.23. The van der Waals surface area contributed by atoms with Gasteiger partial charge in [-0.15, -0.1) is 11.6 Å². The van der Waals surface area contributed by atoms with E-state index in [0.717, 1.165) is 24.2 Å². The van der Waals surface area contributed by atoms with E-state index in [2.05, 4.69) is 19.1 Å². The van der Waals surface area contributed by atoms with Crippen LogP contribution in [0.4, 0.5) is 0 Å². The molecule has 0 amide bonds. The first-order valence-corrected chi connectivity index (χ1v) is 10.4. The lowest BCUT2D eigenvalue weighted by molar-refractivity contribution is 0.0537. The van der Waals surface area contributed by atoms with Crippen LogP contribution in [0.15, 0.2) is 36.4 Å². The summed E-state index contributed by atoms with van der Waals surface area (Å²) >= 11 is 18.2. The minimum Gasteiger partial charge on any atom is -0.494 e. The van der Waals surface area contributed by atoms with Crippen molar-refractivity contribution in [2.75, 3.05) is 25.7 Å². The van der Waals surface area contributed by atoms with Crippen molar-refractivity contribution in [1.29, 1.82) is 0 Å². The lowest BCUT2D eigenvalue weighted by atomic mass is 9.93. The van der Waals surface area contributed by atoms with Crippen LogP contribution in [-0.4, -0.2) is 42.0 Å². The Morgan fingerprint density at radius 3 is 2.25 bits per heavy atom. The first-order chi connectivity index (χ1) is 13.4. The maximum absolute atomic E-state index is 9.40. The van der Waals surface area contributed by atoms with E-state index in [4.69, 9.17) is 49.4 Å². The number of hydrogen-bond acceptors (Lipinski definition) is 4. The zero-order chi connectivity index (χ0) is 20.5. The summed E-state index contributed by atoms with van der Waals surface area (Å²) in [5, 5.41) is 19.0. The minimum atomic E-state index is -0.978. The molecule has 2 aromatic carbocycles. The van der Waals surface area contributed by atoms with Crippen LogP contribution in [0.1, 0.15) is 30.4 Å². The fourth-order valence-corrected chi connectivity index (χ4v) is 3.46. The van der Waals surface area contributed by atoms with E-state index in [1.807, 2.05) is 24.3 Å². The van der Waals surface area contributed by atoms with E-state index >= 15 is 0 Å². The van der Waals surface area contributed by atoms with Crippen molar-refractivity contribution in [2.24, 2.45) is 0 Å². The molecule has 0 heterocycles. The van der Waals surface area contributed by atoms with Gasteiger partial charge < -0.3 is 19.7 Å². The second-order valence-corrected chi connectivity index (χ2v) is 7.79. The van der Waals surface area contributed by atoms with Crippen LogP contribution in [0.25, 0.3) is 0 Å². The molecule has 0 spiro atoms. The van der Waals surface area contributed by atoms with E-state index in [0.29, 0.717) is 28.3 Å². The zero-order valence-corrected chi connectivity index (χ0v) is 18.0. The maximum atomic E-state index is 9.40. The summed E-state index contributed by atoms with van der Waals surface area (Å²) in [6.07, 6.45) is 0.597. The molecule has 0 saturated heterocycles. The summed E-state index contributed by atoms with van der Waals surface area (Å²) in [5.41, 5.74) is 2.17. The topological polar surface area (TPSA) is 58.9 Å². The van der Waals surface area contributed by atoms with Gasteiger partial charge in [-0.25, -0.2) is 0 Å². The molecule has 1 unspecified atom stereocenters. The second-order valence-electron chi connectivity index (χ2n) is 6.60. The minimum absolute atomic E-state index is 0.0784. The molecule has 0 radical (unpaired) electrons. The average Bonchev–Trinajstić information content (AvgIpc) is 2.67. The summed E-state index contributed by atoms with van der Waals surface area (Å²) in [5.74, 6) is 1.99. The number of hydrogen-bond donors (Lipinski definition) is 2. The lowest BCUT2D eigenvalue weighted by Crippen LogP contribution is -2.21. The van der Waals surface area contributed by atoms with Gasteiger partial charge in [-0.05, 0) is 54.2 Å². The van der Waals surface area contributed by atoms with Crippen LogP contribution < -0.4 is 9.47 Å². The highest BCUT2D eigenvalue weighted by Crippen LogP contribution is 2.36. The predicted octanol–water partition coefficient (Wildman–Crippen LogP) is 5.08. The van der Waals surface area contributed by atoms with Gasteiger partial charge in [-0.1, -0.05) is 42.3 Å². The quantitative estimate of drug-likeness (QED) is 0.372. The van der Waals surface area contributed by atoms with E-state index in [-0.39, 0.29) is 19.1 Å². The Morgan fingerprint density at radius 2 is 1.68 bits per heavy atom. The molecule has 154 valence electrons. The molecule has 2 rings (SSSR count). The molecule has 2 aromatic rings. The van der Waals surface area contributed by atoms with Crippen LogP contribution in [-0.2, 0) is 6.42 Å². The Hall–Kier alpha value is -1.17. The lowest BCUT2D eigenvalue weighted by Gasteiger charge is -2.16. The van der Waals surface area contributed by atoms with Gasteiger partial charge in [-0.3, -0.25) is 0 Å². The van der Waals surface area contributed by atoms with Crippen molar-refractivity contribution in [3.8, 4) is 11.5 Å². The van der Waals surface area contributed by atoms with Crippen LogP contribution >= 0.6 is 34.8 Å².